The highest BCUT2D eigenvalue weighted by molar-refractivity contribution is 5.99. The summed E-state index contributed by atoms with van der Waals surface area (Å²) in [4.78, 5) is 27.7. The number of ether oxygens (including phenoxy) is 1. The molecule has 1 unspecified atom stereocenters. The molecule has 0 radical (unpaired) electrons. The van der Waals surface area contributed by atoms with Crippen molar-refractivity contribution in [1.29, 1.82) is 0 Å². The number of esters is 1. The molecule has 1 aromatic rings. The predicted octanol–water partition coefficient (Wildman–Crippen LogP) is 2.17. The van der Waals surface area contributed by atoms with Gasteiger partial charge in [0.25, 0.3) is 0 Å². The number of nitrogens with zero attached hydrogens (tertiary/aromatic N) is 1. The van der Waals surface area contributed by atoms with Crippen molar-refractivity contribution >= 4 is 11.8 Å². The zero-order chi connectivity index (χ0) is 13.8. The van der Waals surface area contributed by atoms with Crippen LogP contribution in [0.4, 0.5) is 0 Å². The molecular formula is C14H19NO3. The Morgan fingerprint density at radius 3 is 2.50 bits per heavy atom. The van der Waals surface area contributed by atoms with Crippen molar-refractivity contribution in [1.82, 2.24) is 4.98 Å². The molecule has 0 aliphatic rings. The predicted molar refractivity (Wildman–Crippen MR) is 68.0 cm³/mol. The van der Waals surface area contributed by atoms with Crippen molar-refractivity contribution in [2.45, 2.75) is 39.7 Å². The average Bonchev–Trinajstić information content (AvgIpc) is 2.27. The Morgan fingerprint density at radius 1 is 1.33 bits per heavy atom. The molecule has 0 bridgehead atoms. The van der Waals surface area contributed by atoms with Crippen LogP contribution >= 0.6 is 0 Å². The number of aromatic nitrogens is 1. The van der Waals surface area contributed by atoms with E-state index in [0.29, 0.717) is 5.69 Å². The number of pyridine rings is 1. The van der Waals surface area contributed by atoms with Gasteiger partial charge in [-0.1, -0.05) is 6.07 Å². The third-order valence-corrected chi connectivity index (χ3v) is 2.32. The minimum Gasteiger partial charge on any atom is -0.459 e. The topological polar surface area (TPSA) is 56.3 Å². The van der Waals surface area contributed by atoms with Gasteiger partial charge in [0.15, 0.2) is 5.78 Å². The van der Waals surface area contributed by atoms with E-state index in [9.17, 15) is 9.59 Å². The van der Waals surface area contributed by atoms with Crippen LogP contribution in [0.3, 0.4) is 0 Å². The first kappa shape index (κ1) is 14.4. The molecule has 98 valence electrons. The molecule has 0 aliphatic heterocycles. The van der Waals surface area contributed by atoms with Crippen LogP contribution in [0.5, 0.6) is 0 Å². The number of rotatable bonds is 4. The molecule has 4 nitrogen and oxygen atoms in total. The number of hydrogen-bond acceptors (Lipinski definition) is 4. The maximum atomic E-state index is 11.9. The summed E-state index contributed by atoms with van der Waals surface area (Å²) in [6, 6.07) is 5.36. The van der Waals surface area contributed by atoms with Crippen molar-refractivity contribution in [3.8, 4) is 0 Å². The van der Waals surface area contributed by atoms with Crippen molar-refractivity contribution in [2.24, 2.45) is 5.92 Å². The van der Waals surface area contributed by atoms with Crippen LogP contribution in [-0.4, -0.2) is 22.3 Å². The number of carbonyl (C=O) groups is 2. The van der Waals surface area contributed by atoms with Gasteiger partial charge in [0.1, 0.15) is 11.5 Å². The molecule has 4 heteroatoms. The molecule has 0 saturated heterocycles. The highest BCUT2D eigenvalue weighted by Crippen LogP contribution is 2.13. The van der Waals surface area contributed by atoms with Crippen molar-refractivity contribution in [3.05, 3.63) is 30.1 Å². The monoisotopic (exact) mass is 249 g/mol. The Kier molecular flexibility index (Phi) is 4.59. The normalized spacial score (nSPS) is 12.9. The van der Waals surface area contributed by atoms with Gasteiger partial charge < -0.3 is 4.74 Å². The first-order chi connectivity index (χ1) is 8.29. The van der Waals surface area contributed by atoms with E-state index in [0.717, 1.165) is 0 Å². The Bertz CT molecular complexity index is 420. The van der Waals surface area contributed by atoms with Crippen LogP contribution in [0.15, 0.2) is 24.4 Å². The fourth-order valence-corrected chi connectivity index (χ4v) is 1.36. The maximum Gasteiger partial charge on any atom is 0.316 e. The Morgan fingerprint density at radius 2 is 2.00 bits per heavy atom. The second-order valence-electron chi connectivity index (χ2n) is 5.22. The van der Waals surface area contributed by atoms with Crippen LogP contribution < -0.4 is 0 Å². The number of ketones is 1. The second kappa shape index (κ2) is 5.76. The molecule has 1 rings (SSSR count). The lowest BCUT2D eigenvalue weighted by Crippen LogP contribution is -2.32. The molecule has 0 spiro atoms. The average molecular weight is 249 g/mol. The zero-order valence-electron chi connectivity index (χ0n) is 11.3. The highest BCUT2D eigenvalue weighted by atomic mass is 16.6. The van der Waals surface area contributed by atoms with Crippen LogP contribution in [0.25, 0.3) is 0 Å². The third-order valence-electron chi connectivity index (χ3n) is 2.32. The molecule has 0 fully saturated rings. The van der Waals surface area contributed by atoms with E-state index in [1.165, 1.54) is 0 Å². The van der Waals surface area contributed by atoms with Crippen molar-refractivity contribution in [3.63, 3.8) is 0 Å². The number of Topliss-reactive ketones (excluding diaryl/α,β-unsaturated/α-hetero) is 1. The first-order valence-electron chi connectivity index (χ1n) is 5.95. The lowest BCUT2D eigenvalue weighted by atomic mass is 10.0. The largest absolute Gasteiger partial charge is 0.459 e. The van der Waals surface area contributed by atoms with Crippen molar-refractivity contribution < 1.29 is 14.3 Å². The minimum atomic E-state index is -0.758. The molecule has 0 aromatic carbocycles. The zero-order valence-corrected chi connectivity index (χ0v) is 11.3. The summed E-state index contributed by atoms with van der Waals surface area (Å²) in [6.45, 7) is 6.90. The fourth-order valence-electron chi connectivity index (χ4n) is 1.36. The fraction of sp³-hybridized carbons (Fsp3) is 0.500. The van der Waals surface area contributed by atoms with Gasteiger partial charge in [-0.3, -0.25) is 14.6 Å². The molecular weight excluding hydrogens is 230 g/mol. The summed E-state index contributed by atoms with van der Waals surface area (Å²) in [5, 5.41) is 0. The Balaban J connectivity index is 2.59. The first-order valence-corrected chi connectivity index (χ1v) is 5.95. The quantitative estimate of drug-likeness (QED) is 0.606. The Hall–Kier alpha value is -1.71. The molecule has 0 amide bonds. The van der Waals surface area contributed by atoms with E-state index in [-0.39, 0.29) is 12.2 Å². The highest BCUT2D eigenvalue weighted by Gasteiger charge is 2.27. The van der Waals surface area contributed by atoms with Crippen LogP contribution in [0.1, 0.15) is 33.4 Å². The van der Waals surface area contributed by atoms with Crippen LogP contribution in [0, 0.1) is 5.92 Å². The third kappa shape index (κ3) is 4.65. The Labute approximate surface area is 107 Å². The summed E-state index contributed by atoms with van der Waals surface area (Å²) in [7, 11) is 0. The molecule has 0 aliphatic carbocycles. The van der Waals surface area contributed by atoms with Crippen molar-refractivity contribution in [2.75, 3.05) is 0 Å². The van der Waals surface area contributed by atoms with E-state index >= 15 is 0 Å². The van der Waals surface area contributed by atoms with Gasteiger partial charge in [0.05, 0.1) is 0 Å². The van der Waals surface area contributed by atoms with Gasteiger partial charge in [0.2, 0.25) is 0 Å². The molecule has 18 heavy (non-hydrogen) atoms. The maximum absolute atomic E-state index is 11.9. The van der Waals surface area contributed by atoms with E-state index < -0.39 is 17.5 Å². The van der Waals surface area contributed by atoms with Gasteiger partial charge in [-0.2, -0.15) is 0 Å². The summed E-state index contributed by atoms with van der Waals surface area (Å²) in [6.07, 6.45) is 1.78. The smallest absolute Gasteiger partial charge is 0.316 e. The number of hydrogen-bond donors (Lipinski definition) is 0. The summed E-state index contributed by atoms with van der Waals surface area (Å²) in [5.41, 5.74) is 0.0919. The lowest BCUT2D eigenvalue weighted by molar-refractivity contribution is -0.161. The van der Waals surface area contributed by atoms with Gasteiger partial charge in [0, 0.05) is 18.3 Å². The molecule has 1 heterocycles. The lowest BCUT2D eigenvalue weighted by Gasteiger charge is -2.21. The van der Waals surface area contributed by atoms with Gasteiger partial charge in [-0.25, -0.2) is 0 Å². The molecule has 1 aromatic heterocycles. The van der Waals surface area contributed by atoms with Gasteiger partial charge in [-0.15, -0.1) is 0 Å². The summed E-state index contributed by atoms with van der Waals surface area (Å²) < 4.78 is 5.18. The SMILES string of the molecule is CC(C(=O)Cc1ccccn1)C(=O)OC(C)(C)C. The van der Waals surface area contributed by atoms with E-state index in [1.54, 1.807) is 46.0 Å². The van der Waals surface area contributed by atoms with Gasteiger partial charge >= 0.3 is 5.97 Å². The van der Waals surface area contributed by atoms with E-state index in [2.05, 4.69) is 4.98 Å². The molecule has 0 saturated carbocycles. The minimum absolute atomic E-state index is 0.154. The number of carbonyl (C=O) groups excluding carboxylic acids is 2. The summed E-state index contributed by atoms with van der Waals surface area (Å²) in [5.74, 6) is -1.42. The van der Waals surface area contributed by atoms with Crippen LogP contribution in [0.2, 0.25) is 0 Å². The van der Waals surface area contributed by atoms with E-state index in [1.807, 2.05) is 6.07 Å². The van der Waals surface area contributed by atoms with Gasteiger partial charge in [-0.05, 0) is 39.8 Å². The van der Waals surface area contributed by atoms with E-state index in [4.69, 9.17) is 4.74 Å². The summed E-state index contributed by atoms with van der Waals surface area (Å²) >= 11 is 0. The van der Waals surface area contributed by atoms with Crippen LogP contribution in [-0.2, 0) is 20.7 Å². The standard InChI is InChI=1S/C14H19NO3/c1-10(13(17)18-14(2,3)4)12(16)9-11-7-5-6-8-15-11/h5-8,10H,9H2,1-4H3. The second-order valence-corrected chi connectivity index (χ2v) is 5.22. The molecule has 0 N–H and O–H groups in total. The molecule has 1 atom stereocenters.